The average molecular weight is 290 g/mol. The number of aromatic nitrogens is 1. The molecule has 6 heteroatoms. The van der Waals surface area contributed by atoms with Crippen molar-refractivity contribution in [3.05, 3.63) is 10.1 Å². The third-order valence-corrected chi connectivity index (χ3v) is 4.48. The Bertz CT molecular complexity index is 364. The highest BCUT2D eigenvalue weighted by atomic mass is 79.9. The van der Waals surface area contributed by atoms with Crippen molar-refractivity contribution in [3.63, 3.8) is 0 Å². The largest absolute Gasteiger partial charge is 0.507 e. The average Bonchev–Trinajstić information content (AvgIpc) is 2.56. The first-order valence-electron chi connectivity index (χ1n) is 4.79. The molecule has 1 aliphatic heterocycles. The summed E-state index contributed by atoms with van der Waals surface area (Å²) in [6.45, 7) is 8.18. The molecule has 15 heavy (non-hydrogen) atoms. The van der Waals surface area contributed by atoms with E-state index in [1.165, 1.54) is 0 Å². The van der Waals surface area contributed by atoms with Crippen LogP contribution in [0.15, 0.2) is 10.1 Å². The molecule has 0 saturated carbocycles. The van der Waals surface area contributed by atoms with Gasteiger partial charge in [-0.2, -0.15) is 0 Å². The van der Waals surface area contributed by atoms with E-state index in [0.717, 1.165) is 8.69 Å². The van der Waals surface area contributed by atoms with Gasteiger partial charge in [0, 0.05) is 6.20 Å². The van der Waals surface area contributed by atoms with E-state index in [0.29, 0.717) is 0 Å². The van der Waals surface area contributed by atoms with Gasteiger partial charge < -0.3 is 9.31 Å². The van der Waals surface area contributed by atoms with E-state index in [-0.39, 0.29) is 18.3 Å². The van der Waals surface area contributed by atoms with Gasteiger partial charge in [0.05, 0.1) is 16.0 Å². The zero-order chi connectivity index (χ0) is 11.3. The van der Waals surface area contributed by atoms with Crippen LogP contribution >= 0.6 is 27.3 Å². The van der Waals surface area contributed by atoms with Crippen molar-refractivity contribution >= 4 is 39.2 Å². The highest BCUT2D eigenvalue weighted by Gasteiger charge is 2.52. The van der Waals surface area contributed by atoms with Crippen LogP contribution in [0.4, 0.5) is 0 Å². The maximum atomic E-state index is 5.89. The smallest absolute Gasteiger partial charge is 0.399 e. The normalized spacial score (nSPS) is 23.4. The molecule has 0 bridgehead atoms. The van der Waals surface area contributed by atoms with Crippen molar-refractivity contribution in [1.29, 1.82) is 0 Å². The molecular weight excluding hydrogens is 277 g/mol. The summed E-state index contributed by atoms with van der Waals surface area (Å²) in [5.74, 6) is 0. The number of thiazole rings is 1. The van der Waals surface area contributed by atoms with Crippen molar-refractivity contribution in [3.8, 4) is 0 Å². The summed E-state index contributed by atoms with van der Waals surface area (Å²) in [4.78, 5) is 4.13. The third kappa shape index (κ3) is 2.00. The molecule has 0 unspecified atom stereocenters. The van der Waals surface area contributed by atoms with Crippen LogP contribution in [0, 0.1) is 0 Å². The molecule has 2 rings (SSSR count). The fraction of sp³-hybridized carbons (Fsp3) is 0.667. The molecule has 0 aliphatic carbocycles. The standard InChI is InChI=1S/C9H13BBrNO2S/c1-8(2)9(3,4)14-10(13-8)6-5-12-7(11)15-6/h5H,1-4H3. The van der Waals surface area contributed by atoms with Crippen molar-refractivity contribution in [2.75, 3.05) is 0 Å². The van der Waals surface area contributed by atoms with Gasteiger partial charge >= 0.3 is 7.12 Å². The highest BCUT2D eigenvalue weighted by Crippen LogP contribution is 2.36. The molecule has 1 aliphatic rings. The molecule has 1 fully saturated rings. The molecule has 0 N–H and O–H groups in total. The van der Waals surface area contributed by atoms with E-state index in [4.69, 9.17) is 9.31 Å². The first-order valence-corrected chi connectivity index (χ1v) is 6.40. The van der Waals surface area contributed by atoms with Gasteiger partial charge in [-0.25, -0.2) is 4.98 Å². The predicted octanol–water partition coefficient (Wildman–Crippen LogP) is 2.20. The van der Waals surface area contributed by atoms with Crippen LogP contribution in [-0.2, 0) is 9.31 Å². The van der Waals surface area contributed by atoms with Crippen LogP contribution in [0.1, 0.15) is 27.7 Å². The molecular formula is C9H13BBrNO2S. The number of hydrogen-bond donors (Lipinski definition) is 0. The Morgan fingerprint density at radius 3 is 2.20 bits per heavy atom. The minimum atomic E-state index is -0.293. The molecule has 0 amide bonds. The van der Waals surface area contributed by atoms with Gasteiger partial charge in [-0.1, -0.05) is 0 Å². The van der Waals surface area contributed by atoms with Gasteiger partial charge in [-0.3, -0.25) is 0 Å². The maximum Gasteiger partial charge on any atom is 0.507 e. The lowest BCUT2D eigenvalue weighted by Crippen LogP contribution is -2.41. The predicted molar refractivity (Wildman–Crippen MR) is 65.5 cm³/mol. The number of nitrogens with zero attached hydrogens (tertiary/aromatic N) is 1. The maximum absolute atomic E-state index is 5.89. The summed E-state index contributed by atoms with van der Waals surface area (Å²) >= 11 is 4.87. The minimum absolute atomic E-state index is 0.284. The first kappa shape index (κ1) is 11.6. The van der Waals surface area contributed by atoms with Gasteiger partial charge in [-0.05, 0) is 43.6 Å². The highest BCUT2D eigenvalue weighted by molar-refractivity contribution is 9.11. The Morgan fingerprint density at radius 1 is 1.27 bits per heavy atom. The summed E-state index contributed by atoms with van der Waals surface area (Å²) in [5.41, 5.74) is -0.567. The lowest BCUT2D eigenvalue weighted by Gasteiger charge is -2.32. The Hall–Kier alpha value is 0.0949. The van der Waals surface area contributed by atoms with E-state index in [2.05, 4.69) is 20.9 Å². The number of halogens is 1. The third-order valence-electron chi connectivity index (χ3n) is 2.98. The summed E-state index contributed by atoms with van der Waals surface area (Å²) in [5, 5.41) is 0. The van der Waals surface area contributed by atoms with Gasteiger partial charge in [-0.15, -0.1) is 11.3 Å². The van der Waals surface area contributed by atoms with Crippen molar-refractivity contribution in [2.45, 2.75) is 38.9 Å². The Morgan fingerprint density at radius 2 is 1.80 bits per heavy atom. The summed E-state index contributed by atoms with van der Waals surface area (Å²) in [6.07, 6.45) is 1.79. The molecule has 2 heterocycles. The van der Waals surface area contributed by atoms with E-state index in [1.54, 1.807) is 17.5 Å². The van der Waals surface area contributed by atoms with Crippen LogP contribution in [0.2, 0.25) is 0 Å². The van der Waals surface area contributed by atoms with Crippen LogP contribution < -0.4 is 4.78 Å². The van der Waals surface area contributed by atoms with Crippen molar-refractivity contribution < 1.29 is 9.31 Å². The molecule has 0 atom stereocenters. The van der Waals surface area contributed by atoms with Crippen LogP contribution in [0.3, 0.4) is 0 Å². The van der Waals surface area contributed by atoms with Crippen molar-refractivity contribution in [2.24, 2.45) is 0 Å². The zero-order valence-electron chi connectivity index (χ0n) is 9.20. The van der Waals surface area contributed by atoms with Crippen LogP contribution in [0.5, 0.6) is 0 Å². The topological polar surface area (TPSA) is 31.4 Å². The Labute approximate surface area is 102 Å². The Balaban J connectivity index is 2.23. The van der Waals surface area contributed by atoms with Gasteiger partial charge in [0.15, 0.2) is 3.92 Å². The lowest BCUT2D eigenvalue weighted by atomic mass is 9.89. The lowest BCUT2D eigenvalue weighted by molar-refractivity contribution is 0.00578. The first-order chi connectivity index (χ1) is 6.82. The second-order valence-corrected chi connectivity index (χ2v) is 6.94. The fourth-order valence-corrected chi connectivity index (χ4v) is 2.59. The quantitative estimate of drug-likeness (QED) is 0.743. The van der Waals surface area contributed by atoms with Crippen LogP contribution in [0.25, 0.3) is 0 Å². The number of hydrogen-bond acceptors (Lipinski definition) is 4. The molecule has 1 aromatic heterocycles. The minimum Gasteiger partial charge on any atom is -0.399 e. The van der Waals surface area contributed by atoms with E-state index in [9.17, 15) is 0 Å². The van der Waals surface area contributed by atoms with Crippen molar-refractivity contribution in [1.82, 2.24) is 4.98 Å². The second kappa shape index (κ2) is 3.55. The SMILES string of the molecule is CC1(C)OB(c2cnc(Br)s2)OC1(C)C. The van der Waals surface area contributed by atoms with E-state index < -0.39 is 0 Å². The molecule has 1 saturated heterocycles. The van der Waals surface area contributed by atoms with Gasteiger partial charge in [0.1, 0.15) is 0 Å². The van der Waals surface area contributed by atoms with Crippen LogP contribution in [-0.4, -0.2) is 23.3 Å². The molecule has 0 spiro atoms. The second-order valence-electron chi connectivity index (χ2n) is 4.60. The molecule has 0 radical (unpaired) electrons. The summed E-state index contributed by atoms with van der Waals surface area (Å²) in [7, 11) is -0.293. The van der Waals surface area contributed by atoms with Gasteiger partial charge in [0.2, 0.25) is 0 Å². The molecule has 3 nitrogen and oxygen atoms in total. The number of rotatable bonds is 1. The van der Waals surface area contributed by atoms with E-state index in [1.807, 2.05) is 27.7 Å². The fourth-order valence-electron chi connectivity index (χ4n) is 1.33. The molecule has 82 valence electrons. The summed E-state index contributed by atoms with van der Waals surface area (Å²) < 4.78 is 13.6. The summed E-state index contributed by atoms with van der Waals surface area (Å²) in [6, 6.07) is 0. The van der Waals surface area contributed by atoms with Gasteiger partial charge in [0.25, 0.3) is 0 Å². The van der Waals surface area contributed by atoms with E-state index >= 15 is 0 Å². The zero-order valence-corrected chi connectivity index (χ0v) is 11.6. The monoisotopic (exact) mass is 289 g/mol. The molecule has 1 aromatic rings. The Kier molecular flexibility index (Phi) is 2.74. The molecule has 0 aromatic carbocycles.